The third-order valence-corrected chi connectivity index (χ3v) is 6.05. The lowest BCUT2D eigenvalue weighted by Crippen LogP contribution is -1.93. The summed E-state index contributed by atoms with van der Waals surface area (Å²) in [5.41, 5.74) is 4.03. The maximum atomic E-state index is 3.78. The summed E-state index contributed by atoms with van der Waals surface area (Å²) in [7, 11) is 0. The van der Waals surface area contributed by atoms with Crippen LogP contribution in [0.2, 0.25) is 0 Å². The summed E-state index contributed by atoms with van der Waals surface area (Å²) in [5.74, 6) is 0. The van der Waals surface area contributed by atoms with Crippen LogP contribution in [0.15, 0.2) is 34.1 Å². The lowest BCUT2D eigenvalue weighted by molar-refractivity contribution is 0.966. The molecule has 0 N–H and O–H groups in total. The minimum atomic E-state index is 0.402. The first-order valence-electron chi connectivity index (χ1n) is 5.51. The Kier molecular flexibility index (Phi) is 4.45. The Morgan fingerprint density at radius 1 is 1.24 bits per heavy atom. The predicted molar refractivity (Wildman–Crippen MR) is 83.3 cm³/mol. The second-order valence-electron chi connectivity index (χ2n) is 4.27. The average molecular weight is 374 g/mol. The molecule has 0 aliphatic rings. The zero-order chi connectivity index (χ0) is 12.4. The fourth-order valence-electron chi connectivity index (χ4n) is 1.78. The van der Waals surface area contributed by atoms with Crippen molar-refractivity contribution in [2.24, 2.45) is 0 Å². The third-order valence-electron chi connectivity index (χ3n) is 2.68. The molecule has 1 aromatic heterocycles. The summed E-state index contributed by atoms with van der Waals surface area (Å²) in [5, 5.41) is 0. The van der Waals surface area contributed by atoms with Gasteiger partial charge >= 0.3 is 0 Å². The molecule has 2 rings (SSSR count). The van der Waals surface area contributed by atoms with Crippen molar-refractivity contribution in [1.29, 1.82) is 0 Å². The third kappa shape index (κ3) is 3.43. The molecule has 0 radical (unpaired) electrons. The van der Waals surface area contributed by atoms with E-state index < -0.39 is 0 Å². The number of benzene rings is 1. The van der Waals surface area contributed by atoms with Crippen molar-refractivity contribution in [1.82, 2.24) is 0 Å². The van der Waals surface area contributed by atoms with Crippen molar-refractivity contribution in [2.45, 2.75) is 25.1 Å². The van der Waals surface area contributed by atoms with Gasteiger partial charge in [0, 0.05) is 4.88 Å². The van der Waals surface area contributed by atoms with Crippen LogP contribution in [0.25, 0.3) is 0 Å². The average Bonchev–Trinajstić information content (AvgIpc) is 2.59. The van der Waals surface area contributed by atoms with Gasteiger partial charge in [-0.2, -0.15) is 0 Å². The van der Waals surface area contributed by atoms with E-state index in [1.165, 1.54) is 25.4 Å². The molecule has 1 aromatic carbocycles. The van der Waals surface area contributed by atoms with E-state index in [0.29, 0.717) is 4.83 Å². The minimum absolute atomic E-state index is 0.402. The Labute approximate surface area is 123 Å². The fourth-order valence-corrected chi connectivity index (χ4v) is 4.12. The second-order valence-corrected chi connectivity index (χ2v) is 7.77. The largest absolute Gasteiger partial charge is 0.132 e. The monoisotopic (exact) mass is 372 g/mol. The van der Waals surface area contributed by atoms with Crippen LogP contribution in [-0.2, 0) is 6.42 Å². The zero-order valence-corrected chi connectivity index (χ0v) is 13.8. The minimum Gasteiger partial charge on any atom is -0.132 e. The van der Waals surface area contributed by atoms with Gasteiger partial charge in [-0.3, -0.25) is 0 Å². The lowest BCUT2D eigenvalue weighted by atomic mass is 10.1. The molecule has 2 aromatic rings. The van der Waals surface area contributed by atoms with E-state index >= 15 is 0 Å². The molecule has 0 amide bonds. The van der Waals surface area contributed by atoms with Crippen LogP contribution in [0.1, 0.15) is 26.4 Å². The van der Waals surface area contributed by atoms with Gasteiger partial charge in [-0.25, -0.2) is 0 Å². The highest BCUT2D eigenvalue weighted by molar-refractivity contribution is 9.11. The van der Waals surface area contributed by atoms with Crippen molar-refractivity contribution in [2.75, 3.05) is 0 Å². The molecular weight excluding hydrogens is 360 g/mol. The van der Waals surface area contributed by atoms with E-state index in [9.17, 15) is 0 Å². The van der Waals surface area contributed by atoms with E-state index in [0.717, 1.165) is 6.42 Å². The Balaban J connectivity index is 2.14. The maximum Gasteiger partial charge on any atom is 0.0730 e. The highest BCUT2D eigenvalue weighted by Crippen LogP contribution is 2.37. The number of rotatable bonds is 3. The van der Waals surface area contributed by atoms with Gasteiger partial charge in [0.05, 0.1) is 8.61 Å². The van der Waals surface area contributed by atoms with Gasteiger partial charge in [0.2, 0.25) is 0 Å². The Bertz CT molecular complexity index is 497. The number of halogens is 2. The maximum absolute atomic E-state index is 3.78. The molecular formula is C14H14Br2S. The fraction of sp³-hybridized carbons (Fsp3) is 0.286. The van der Waals surface area contributed by atoms with Crippen LogP contribution in [0.3, 0.4) is 0 Å². The van der Waals surface area contributed by atoms with Crippen molar-refractivity contribution in [3.05, 3.63) is 55.7 Å². The zero-order valence-electron chi connectivity index (χ0n) is 9.84. The van der Waals surface area contributed by atoms with Gasteiger partial charge in [0.25, 0.3) is 0 Å². The topological polar surface area (TPSA) is 0 Å². The summed E-state index contributed by atoms with van der Waals surface area (Å²) in [6, 6.07) is 11.0. The van der Waals surface area contributed by atoms with E-state index in [1.807, 2.05) is 11.3 Å². The predicted octanol–water partition coefficient (Wildman–Crippen LogP) is 5.81. The molecule has 1 atom stereocenters. The van der Waals surface area contributed by atoms with Gasteiger partial charge in [-0.1, -0.05) is 45.8 Å². The molecule has 0 saturated carbocycles. The first-order chi connectivity index (χ1) is 8.06. The summed E-state index contributed by atoms with van der Waals surface area (Å²) in [4.78, 5) is 1.79. The quantitative estimate of drug-likeness (QED) is 0.596. The van der Waals surface area contributed by atoms with E-state index in [-0.39, 0.29) is 0 Å². The summed E-state index contributed by atoms with van der Waals surface area (Å²) >= 11 is 9.18. The number of aryl methyl sites for hydroxylation is 2. The van der Waals surface area contributed by atoms with Crippen molar-refractivity contribution in [3.8, 4) is 0 Å². The molecule has 0 fully saturated rings. The van der Waals surface area contributed by atoms with Gasteiger partial charge in [-0.15, -0.1) is 11.3 Å². The Morgan fingerprint density at radius 3 is 2.59 bits per heavy atom. The molecule has 1 unspecified atom stereocenters. The van der Waals surface area contributed by atoms with E-state index in [4.69, 9.17) is 0 Å². The number of hydrogen-bond acceptors (Lipinski definition) is 1. The highest BCUT2D eigenvalue weighted by atomic mass is 79.9. The molecule has 17 heavy (non-hydrogen) atoms. The second kappa shape index (κ2) is 5.68. The molecule has 0 aliphatic carbocycles. The van der Waals surface area contributed by atoms with Crippen LogP contribution in [-0.4, -0.2) is 0 Å². The van der Waals surface area contributed by atoms with Gasteiger partial charge in [0.1, 0.15) is 0 Å². The molecule has 90 valence electrons. The van der Waals surface area contributed by atoms with Crippen LogP contribution < -0.4 is 0 Å². The molecule has 1 heterocycles. The Morgan fingerprint density at radius 2 is 2.00 bits per heavy atom. The highest BCUT2D eigenvalue weighted by Gasteiger charge is 2.12. The van der Waals surface area contributed by atoms with Crippen LogP contribution in [0.5, 0.6) is 0 Å². The van der Waals surface area contributed by atoms with Crippen molar-refractivity contribution >= 4 is 43.2 Å². The normalized spacial score (nSPS) is 12.7. The first-order valence-corrected chi connectivity index (χ1v) is 8.04. The van der Waals surface area contributed by atoms with E-state index in [1.54, 1.807) is 0 Å². The standard InChI is InChI=1S/C14H14Br2S/c1-9-4-3-5-11(6-9)8-12(15)13-7-10(2)14(16)17-13/h3-7,12H,8H2,1-2H3. The molecule has 0 saturated heterocycles. The molecule has 0 bridgehead atoms. The SMILES string of the molecule is Cc1cccc(CC(Br)c2cc(C)c(Br)s2)c1. The van der Waals surface area contributed by atoms with E-state index in [2.05, 4.69) is 76.0 Å². The molecule has 0 spiro atoms. The van der Waals surface area contributed by atoms with Gasteiger partial charge < -0.3 is 0 Å². The van der Waals surface area contributed by atoms with Gasteiger partial charge in [0.15, 0.2) is 0 Å². The summed E-state index contributed by atoms with van der Waals surface area (Å²) in [6.45, 7) is 4.27. The molecule has 3 heteroatoms. The number of hydrogen-bond donors (Lipinski definition) is 0. The number of thiophene rings is 1. The van der Waals surface area contributed by atoms with Crippen molar-refractivity contribution < 1.29 is 0 Å². The lowest BCUT2D eigenvalue weighted by Gasteiger charge is -2.08. The van der Waals surface area contributed by atoms with Crippen LogP contribution >= 0.6 is 43.2 Å². The Hall–Kier alpha value is -0.120. The smallest absolute Gasteiger partial charge is 0.0730 e. The summed E-state index contributed by atoms with van der Waals surface area (Å²) < 4.78 is 1.24. The number of alkyl halides is 1. The van der Waals surface area contributed by atoms with Crippen LogP contribution in [0.4, 0.5) is 0 Å². The first kappa shape index (κ1) is 13.3. The van der Waals surface area contributed by atoms with Crippen molar-refractivity contribution in [3.63, 3.8) is 0 Å². The van der Waals surface area contributed by atoms with Crippen LogP contribution in [0, 0.1) is 13.8 Å². The molecule has 0 aliphatic heterocycles. The molecule has 0 nitrogen and oxygen atoms in total. The summed E-state index contributed by atoms with van der Waals surface area (Å²) in [6.07, 6.45) is 1.04. The van der Waals surface area contributed by atoms with Gasteiger partial charge in [-0.05, 0) is 53.4 Å².